The number of carbonyl (C=O) groups excluding carboxylic acids is 1. The van der Waals surface area contributed by atoms with Gasteiger partial charge < -0.3 is 20.3 Å². The van der Waals surface area contributed by atoms with Crippen LogP contribution < -0.4 is 15.5 Å². The third-order valence-electron chi connectivity index (χ3n) is 3.61. The highest BCUT2D eigenvalue weighted by atomic mass is 16.5. The second-order valence-electron chi connectivity index (χ2n) is 4.90. The quantitative estimate of drug-likeness (QED) is 0.846. The van der Waals surface area contributed by atoms with Crippen molar-refractivity contribution >= 4 is 17.3 Å². The number of amides is 1. The van der Waals surface area contributed by atoms with Crippen LogP contribution in [0.5, 0.6) is 0 Å². The number of benzene rings is 1. The largest absolute Gasteiger partial charge is 0.376 e. The number of carbonyl (C=O) groups is 1. The number of para-hydroxylation sites is 2. The molecule has 1 amide bonds. The maximum Gasteiger partial charge on any atom is 0.246 e. The van der Waals surface area contributed by atoms with Gasteiger partial charge >= 0.3 is 0 Å². The van der Waals surface area contributed by atoms with E-state index in [-0.39, 0.29) is 12.0 Å². The van der Waals surface area contributed by atoms with E-state index in [9.17, 15) is 4.79 Å². The molecule has 3 rings (SSSR count). The molecule has 2 aliphatic heterocycles. The zero-order valence-electron chi connectivity index (χ0n) is 10.9. The Bertz CT molecular complexity index is 458. The van der Waals surface area contributed by atoms with Gasteiger partial charge in [0.25, 0.3) is 0 Å². The molecule has 1 atom stereocenters. The fourth-order valence-corrected chi connectivity index (χ4v) is 2.58. The summed E-state index contributed by atoms with van der Waals surface area (Å²) in [7, 11) is 0. The molecule has 102 valence electrons. The van der Waals surface area contributed by atoms with Crippen molar-refractivity contribution in [2.24, 2.45) is 0 Å². The fourth-order valence-electron chi connectivity index (χ4n) is 2.58. The van der Waals surface area contributed by atoms with Gasteiger partial charge in [0, 0.05) is 19.6 Å². The molecule has 1 fully saturated rings. The van der Waals surface area contributed by atoms with Crippen LogP contribution in [0.3, 0.4) is 0 Å². The molecule has 1 aromatic carbocycles. The summed E-state index contributed by atoms with van der Waals surface area (Å²) in [5, 5.41) is 6.46. The van der Waals surface area contributed by atoms with Crippen molar-refractivity contribution in [1.29, 1.82) is 0 Å². The Kier molecular flexibility index (Phi) is 3.66. The molecule has 0 saturated carbocycles. The number of ether oxygens (including phenoxy) is 1. The lowest BCUT2D eigenvalue weighted by atomic mass is 10.1. The summed E-state index contributed by atoms with van der Waals surface area (Å²) in [5.74, 6) is 0.127. The van der Waals surface area contributed by atoms with Crippen LogP contribution in [0.2, 0.25) is 0 Å². The molecule has 2 heterocycles. The maximum atomic E-state index is 12.0. The summed E-state index contributed by atoms with van der Waals surface area (Å²) in [6.45, 7) is 3.65. The van der Waals surface area contributed by atoms with Gasteiger partial charge in [0.2, 0.25) is 5.91 Å². The van der Waals surface area contributed by atoms with Crippen molar-refractivity contribution in [2.75, 3.05) is 43.0 Å². The predicted octanol–water partition coefficient (Wildman–Crippen LogP) is 0.824. The molecule has 1 unspecified atom stereocenters. The first kappa shape index (κ1) is 12.4. The van der Waals surface area contributed by atoms with Crippen LogP contribution >= 0.6 is 0 Å². The first-order valence-corrected chi connectivity index (χ1v) is 6.80. The summed E-state index contributed by atoms with van der Waals surface area (Å²) in [6, 6.07) is 7.94. The average Bonchev–Trinajstić information content (AvgIpc) is 2.47. The van der Waals surface area contributed by atoms with Gasteiger partial charge in [-0.25, -0.2) is 0 Å². The Labute approximate surface area is 112 Å². The van der Waals surface area contributed by atoms with Gasteiger partial charge in [-0.3, -0.25) is 4.79 Å². The lowest BCUT2D eigenvalue weighted by Gasteiger charge is -2.32. The highest BCUT2D eigenvalue weighted by Gasteiger charge is 2.24. The predicted molar refractivity (Wildman–Crippen MR) is 74.5 cm³/mol. The number of nitrogens with one attached hydrogen (secondary N) is 2. The first-order chi connectivity index (χ1) is 9.34. The van der Waals surface area contributed by atoms with Crippen LogP contribution in [-0.4, -0.2) is 44.8 Å². The molecule has 2 aliphatic rings. The molecule has 1 saturated heterocycles. The smallest absolute Gasteiger partial charge is 0.246 e. The molecule has 19 heavy (non-hydrogen) atoms. The van der Waals surface area contributed by atoms with Gasteiger partial charge in [-0.05, 0) is 18.6 Å². The second-order valence-corrected chi connectivity index (χ2v) is 4.90. The number of anilines is 2. The van der Waals surface area contributed by atoms with Crippen molar-refractivity contribution < 1.29 is 9.53 Å². The Morgan fingerprint density at radius 3 is 3.11 bits per heavy atom. The van der Waals surface area contributed by atoms with Crippen LogP contribution in [0.1, 0.15) is 6.42 Å². The minimum atomic E-state index is 0.127. The van der Waals surface area contributed by atoms with Crippen molar-refractivity contribution in [3.8, 4) is 0 Å². The number of hydrogen-bond acceptors (Lipinski definition) is 4. The highest BCUT2D eigenvalue weighted by molar-refractivity contribution is 6.02. The van der Waals surface area contributed by atoms with Gasteiger partial charge in [0.15, 0.2) is 0 Å². The van der Waals surface area contributed by atoms with Crippen LogP contribution in [0.25, 0.3) is 0 Å². The van der Waals surface area contributed by atoms with E-state index in [1.165, 1.54) is 0 Å². The van der Waals surface area contributed by atoms with Crippen molar-refractivity contribution in [3.63, 3.8) is 0 Å². The molecular weight excluding hydrogens is 242 g/mol. The van der Waals surface area contributed by atoms with Crippen molar-refractivity contribution in [1.82, 2.24) is 5.32 Å². The van der Waals surface area contributed by atoms with Gasteiger partial charge in [-0.2, -0.15) is 0 Å². The molecule has 0 aliphatic carbocycles. The van der Waals surface area contributed by atoms with E-state index < -0.39 is 0 Å². The topological polar surface area (TPSA) is 53.6 Å². The van der Waals surface area contributed by atoms with Crippen molar-refractivity contribution in [3.05, 3.63) is 24.3 Å². The maximum absolute atomic E-state index is 12.0. The third kappa shape index (κ3) is 2.72. The summed E-state index contributed by atoms with van der Waals surface area (Å²) < 4.78 is 5.68. The Hall–Kier alpha value is -1.59. The van der Waals surface area contributed by atoms with Crippen LogP contribution in [0.4, 0.5) is 11.4 Å². The SMILES string of the molecule is O=C1CNc2ccccc2N1CCC1CNCCO1. The van der Waals surface area contributed by atoms with E-state index >= 15 is 0 Å². The lowest BCUT2D eigenvalue weighted by Crippen LogP contribution is -2.44. The first-order valence-electron chi connectivity index (χ1n) is 6.80. The third-order valence-corrected chi connectivity index (χ3v) is 3.61. The van der Waals surface area contributed by atoms with Gasteiger partial charge in [0.1, 0.15) is 0 Å². The number of hydrogen-bond donors (Lipinski definition) is 2. The molecule has 0 aromatic heterocycles. The van der Waals surface area contributed by atoms with E-state index in [0.29, 0.717) is 13.1 Å². The molecule has 5 nitrogen and oxygen atoms in total. The van der Waals surface area contributed by atoms with Gasteiger partial charge in [0.05, 0.1) is 30.6 Å². The van der Waals surface area contributed by atoms with Gasteiger partial charge in [-0.1, -0.05) is 12.1 Å². The number of rotatable bonds is 3. The minimum absolute atomic E-state index is 0.127. The number of nitrogens with zero attached hydrogens (tertiary/aromatic N) is 1. The summed E-state index contributed by atoms with van der Waals surface area (Å²) in [5.41, 5.74) is 2.01. The van der Waals surface area contributed by atoms with E-state index in [4.69, 9.17) is 4.74 Å². The molecule has 5 heteroatoms. The molecular formula is C14H19N3O2. The molecule has 2 N–H and O–H groups in total. The lowest BCUT2D eigenvalue weighted by molar-refractivity contribution is -0.117. The monoisotopic (exact) mass is 261 g/mol. The summed E-state index contributed by atoms with van der Waals surface area (Å²) in [6.07, 6.45) is 1.08. The normalized spacial score (nSPS) is 22.8. The van der Waals surface area contributed by atoms with E-state index in [0.717, 1.165) is 37.5 Å². The standard InChI is InChI=1S/C14H19N3O2/c18-14-10-16-12-3-1-2-4-13(12)17(14)7-5-11-9-15-6-8-19-11/h1-4,11,15-16H,5-10H2. The zero-order valence-corrected chi connectivity index (χ0v) is 10.9. The van der Waals surface area contributed by atoms with E-state index in [1.807, 2.05) is 29.2 Å². The van der Waals surface area contributed by atoms with Crippen LogP contribution in [0.15, 0.2) is 24.3 Å². The Balaban J connectivity index is 1.67. The fraction of sp³-hybridized carbons (Fsp3) is 0.500. The number of morpholine rings is 1. The number of fused-ring (bicyclic) bond motifs is 1. The average molecular weight is 261 g/mol. The van der Waals surface area contributed by atoms with Crippen molar-refractivity contribution in [2.45, 2.75) is 12.5 Å². The summed E-state index contributed by atoms with van der Waals surface area (Å²) >= 11 is 0. The second kappa shape index (κ2) is 5.59. The summed E-state index contributed by atoms with van der Waals surface area (Å²) in [4.78, 5) is 13.9. The Morgan fingerprint density at radius 2 is 2.26 bits per heavy atom. The molecule has 0 bridgehead atoms. The van der Waals surface area contributed by atoms with Crippen LogP contribution in [0, 0.1) is 0 Å². The van der Waals surface area contributed by atoms with Crippen LogP contribution in [-0.2, 0) is 9.53 Å². The minimum Gasteiger partial charge on any atom is -0.376 e. The molecule has 0 spiro atoms. The van der Waals surface area contributed by atoms with E-state index in [2.05, 4.69) is 10.6 Å². The molecule has 1 aromatic rings. The highest BCUT2D eigenvalue weighted by Crippen LogP contribution is 2.29. The zero-order chi connectivity index (χ0) is 13.1. The Morgan fingerprint density at radius 1 is 1.37 bits per heavy atom. The van der Waals surface area contributed by atoms with E-state index in [1.54, 1.807) is 0 Å². The molecule has 0 radical (unpaired) electrons. The van der Waals surface area contributed by atoms with Gasteiger partial charge in [-0.15, -0.1) is 0 Å².